The Morgan fingerprint density at radius 3 is 2.76 bits per heavy atom. The van der Waals surface area contributed by atoms with Crippen molar-refractivity contribution in [3.63, 3.8) is 0 Å². The molecular formula is C17H13N5O5S2. The van der Waals surface area contributed by atoms with Crippen molar-refractivity contribution in [3.8, 4) is 11.3 Å². The van der Waals surface area contributed by atoms with E-state index in [1.54, 1.807) is 44.4 Å². The van der Waals surface area contributed by atoms with Gasteiger partial charge in [0.2, 0.25) is 4.96 Å². The van der Waals surface area contributed by atoms with Crippen molar-refractivity contribution in [3.05, 3.63) is 46.4 Å². The Morgan fingerprint density at radius 1 is 1.28 bits per heavy atom. The number of nitrogens with zero attached hydrogens (tertiary/aromatic N) is 5. The number of fused-ring (bicyclic) bond motifs is 2. The number of carbonyl (C=O) groups is 1. The van der Waals surface area contributed by atoms with Crippen LogP contribution in [0.15, 0.2) is 48.3 Å². The quantitative estimate of drug-likeness (QED) is 0.202. The second-order valence-electron chi connectivity index (χ2n) is 6.17. The average molecular weight is 431 g/mol. The van der Waals surface area contributed by atoms with Gasteiger partial charge in [-0.05, 0) is 12.1 Å². The Kier molecular flexibility index (Phi) is 4.51. The second kappa shape index (κ2) is 6.90. The molecule has 12 heteroatoms. The van der Waals surface area contributed by atoms with Gasteiger partial charge in [-0.25, -0.2) is 9.78 Å². The fraction of sp³-hybridized carbons (Fsp3) is 0.118. The highest BCUT2D eigenvalue weighted by atomic mass is 32.2. The molecule has 0 saturated carbocycles. The van der Waals surface area contributed by atoms with E-state index in [1.165, 1.54) is 4.90 Å². The largest absolute Gasteiger partial charge is 0.422 e. The molecule has 29 heavy (non-hydrogen) atoms. The van der Waals surface area contributed by atoms with Gasteiger partial charge in [-0.2, -0.15) is 12.9 Å². The van der Waals surface area contributed by atoms with Crippen molar-refractivity contribution in [2.45, 2.75) is 4.34 Å². The molecule has 148 valence electrons. The summed E-state index contributed by atoms with van der Waals surface area (Å²) in [5.74, 6) is 0. The second-order valence-corrected chi connectivity index (χ2v) is 8.93. The molecular weight excluding hydrogens is 418 g/mol. The maximum absolute atomic E-state index is 12.4. The summed E-state index contributed by atoms with van der Waals surface area (Å²) in [7, 11) is -0.799. The summed E-state index contributed by atoms with van der Waals surface area (Å²) in [6, 6.07) is 8.50. The van der Waals surface area contributed by atoms with E-state index in [1.807, 2.05) is 0 Å². The molecule has 0 atom stereocenters. The Morgan fingerprint density at radius 2 is 2.03 bits per heavy atom. The van der Waals surface area contributed by atoms with Gasteiger partial charge in [0.1, 0.15) is 23.3 Å². The number of imidazole rings is 1. The molecule has 0 amide bonds. The average Bonchev–Trinajstić information content (AvgIpc) is 3.24. The van der Waals surface area contributed by atoms with Crippen LogP contribution in [-0.4, -0.2) is 54.6 Å². The van der Waals surface area contributed by atoms with Crippen LogP contribution in [-0.2, 0) is 10.0 Å². The Bertz CT molecular complexity index is 1450. The lowest BCUT2D eigenvalue weighted by atomic mass is 10.1. The van der Waals surface area contributed by atoms with Crippen LogP contribution in [0.3, 0.4) is 0 Å². The Balaban J connectivity index is 1.88. The summed E-state index contributed by atoms with van der Waals surface area (Å²) in [6.07, 6.45) is 1.59. The smallest absolute Gasteiger partial charge is 0.345 e. The number of sulfonamides is 1. The van der Waals surface area contributed by atoms with Crippen molar-refractivity contribution < 1.29 is 17.6 Å². The summed E-state index contributed by atoms with van der Waals surface area (Å²) in [4.78, 5) is 30.0. The highest BCUT2D eigenvalue weighted by Gasteiger charge is 2.25. The molecule has 3 heterocycles. The lowest BCUT2D eigenvalue weighted by Crippen LogP contribution is -2.10. The Labute approximate surface area is 167 Å². The molecule has 3 aromatic heterocycles. The molecule has 4 aromatic rings. The van der Waals surface area contributed by atoms with Gasteiger partial charge in [0.15, 0.2) is 6.29 Å². The van der Waals surface area contributed by atoms with E-state index >= 15 is 0 Å². The monoisotopic (exact) mass is 431 g/mol. The van der Waals surface area contributed by atoms with Gasteiger partial charge >= 0.3 is 15.6 Å². The first-order valence-electron chi connectivity index (χ1n) is 8.15. The Hall–Kier alpha value is -3.38. The molecule has 0 saturated heterocycles. The third-order valence-corrected chi connectivity index (χ3v) is 6.35. The van der Waals surface area contributed by atoms with E-state index in [4.69, 9.17) is 4.42 Å². The molecule has 0 unspecified atom stereocenters. The van der Waals surface area contributed by atoms with Gasteiger partial charge in [-0.1, -0.05) is 29.5 Å². The van der Waals surface area contributed by atoms with E-state index in [9.17, 15) is 18.0 Å². The third-order valence-electron chi connectivity index (χ3n) is 3.87. The molecule has 1 aromatic carbocycles. The van der Waals surface area contributed by atoms with Crippen LogP contribution in [0.5, 0.6) is 0 Å². The summed E-state index contributed by atoms with van der Waals surface area (Å²) in [5.41, 5.74) is -0.171. The van der Waals surface area contributed by atoms with Crippen molar-refractivity contribution in [2.24, 2.45) is 4.40 Å². The van der Waals surface area contributed by atoms with Gasteiger partial charge in [0.25, 0.3) is 4.34 Å². The fourth-order valence-electron chi connectivity index (χ4n) is 2.58. The first kappa shape index (κ1) is 19.0. The zero-order valence-electron chi connectivity index (χ0n) is 15.1. The van der Waals surface area contributed by atoms with Gasteiger partial charge in [0, 0.05) is 19.5 Å². The molecule has 4 rings (SSSR count). The zero-order chi connectivity index (χ0) is 20.8. The van der Waals surface area contributed by atoms with Crippen molar-refractivity contribution in [1.29, 1.82) is 0 Å². The molecule has 10 nitrogen and oxygen atoms in total. The van der Waals surface area contributed by atoms with Crippen LogP contribution in [0.4, 0.5) is 0 Å². The van der Waals surface area contributed by atoms with Gasteiger partial charge in [-0.3, -0.25) is 4.79 Å². The third kappa shape index (κ3) is 3.32. The van der Waals surface area contributed by atoms with Crippen LogP contribution in [0.25, 0.3) is 27.2 Å². The lowest BCUT2D eigenvalue weighted by molar-refractivity contribution is 0.111. The lowest BCUT2D eigenvalue weighted by Gasteiger charge is -2.01. The van der Waals surface area contributed by atoms with Crippen molar-refractivity contribution in [1.82, 2.24) is 19.5 Å². The van der Waals surface area contributed by atoms with E-state index in [0.717, 1.165) is 22.2 Å². The van der Waals surface area contributed by atoms with E-state index in [0.29, 0.717) is 17.3 Å². The summed E-state index contributed by atoms with van der Waals surface area (Å²) >= 11 is 0.739. The zero-order valence-corrected chi connectivity index (χ0v) is 16.8. The molecule has 0 aliphatic rings. The first-order valence-corrected chi connectivity index (χ1v) is 10.4. The highest BCUT2D eigenvalue weighted by molar-refractivity contribution is 7.92. The number of hydrogen-bond donors (Lipinski definition) is 0. The number of benzene rings is 1. The molecule has 0 aliphatic heterocycles. The minimum atomic E-state index is -4.05. The molecule has 0 radical (unpaired) electrons. The first-order chi connectivity index (χ1) is 13.8. The number of aldehydes is 1. The number of aromatic nitrogens is 3. The van der Waals surface area contributed by atoms with Gasteiger partial charge in [0.05, 0.1) is 5.56 Å². The number of para-hydroxylation sites is 1. The fourth-order valence-corrected chi connectivity index (χ4v) is 4.59. The highest BCUT2D eigenvalue weighted by Crippen LogP contribution is 2.28. The predicted octanol–water partition coefficient (Wildman–Crippen LogP) is 1.66. The molecule has 0 N–H and O–H groups in total. The molecule has 0 spiro atoms. The van der Waals surface area contributed by atoms with Crippen molar-refractivity contribution in [2.75, 3.05) is 14.1 Å². The molecule has 0 aliphatic carbocycles. The van der Waals surface area contributed by atoms with Crippen LogP contribution in [0, 0.1) is 0 Å². The van der Waals surface area contributed by atoms with Crippen LogP contribution >= 0.6 is 11.3 Å². The van der Waals surface area contributed by atoms with Gasteiger partial charge in [-0.15, -0.1) is 9.50 Å². The molecule has 0 bridgehead atoms. The predicted molar refractivity (Wildman–Crippen MR) is 107 cm³/mol. The van der Waals surface area contributed by atoms with E-state index in [2.05, 4.69) is 14.5 Å². The SMILES string of the molecule is CN(C)/C=N/S(=O)(=O)c1nn2c(C=O)c(-c3cc4ccccc4oc3=O)nc2s1. The standard InChI is InChI=1S/C17H13N5O5S2/c1-21(2)9-18-29(25,26)17-20-22-12(8-23)14(19-16(22)28-17)11-7-10-5-3-4-6-13(10)27-15(11)24/h3-9H,1-2H3/b18-9+. The number of carbonyl (C=O) groups excluding carboxylic acids is 1. The maximum atomic E-state index is 12.4. The van der Waals surface area contributed by atoms with E-state index < -0.39 is 15.6 Å². The number of hydrogen-bond acceptors (Lipinski definition) is 8. The van der Waals surface area contributed by atoms with E-state index in [-0.39, 0.29) is 26.3 Å². The summed E-state index contributed by atoms with van der Waals surface area (Å²) in [5, 5.41) is 4.62. The molecule has 0 fully saturated rings. The van der Waals surface area contributed by atoms with Crippen LogP contribution in [0.2, 0.25) is 0 Å². The van der Waals surface area contributed by atoms with Gasteiger partial charge < -0.3 is 9.32 Å². The minimum absolute atomic E-state index is 0.0585. The van der Waals surface area contributed by atoms with Crippen LogP contribution in [0.1, 0.15) is 10.5 Å². The number of rotatable bonds is 5. The normalized spacial score (nSPS) is 12.2. The summed E-state index contributed by atoms with van der Waals surface area (Å²) < 4.78 is 34.1. The van der Waals surface area contributed by atoms with Crippen molar-refractivity contribution >= 4 is 49.9 Å². The van der Waals surface area contributed by atoms with Crippen LogP contribution < -0.4 is 5.63 Å². The topological polar surface area (TPSA) is 127 Å². The summed E-state index contributed by atoms with van der Waals surface area (Å²) in [6.45, 7) is 0. The maximum Gasteiger partial charge on any atom is 0.345 e. The minimum Gasteiger partial charge on any atom is -0.422 e.